The fourth-order valence-electron chi connectivity index (χ4n) is 4.09. The summed E-state index contributed by atoms with van der Waals surface area (Å²) in [6, 6.07) is 2.08. The smallest absolute Gasteiger partial charge is 0.313 e. The van der Waals surface area contributed by atoms with Gasteiger partial charge < -0.3 is 26.0 Å². The fourth-order valence-corrected chi connectivity index (χ4v) is 4.09. The predicted octanol–water partition coefficient (Wildman–Crippen LogP) is 2.12. The molecule has 0 spiro atoms. The number of carbonyl (C=O) groups is 5. The van der Waals surface area contributed by atoms with Gasteiger partial charge in [0.25, 0.3) is 0 Å². The van der Waals surface area contributed by atoms with Crippen LogP contribution in [0.1, 0.15) is 26.7 Å². The summed E-state index contributed by atoms with van der Waals surface area (Å²) in [5.74, 6) is -16.0. The lowest BCUT2D eigenvalue weighted by atomic mass is 9.95. The number of ketones is 1. The molecule has 2 aromatic rings. The molecule has 0 aliphatic carbocycles. The monoisotopic (exact) mass is 598 g/mol. The van der Waals surface area contributed by atoms with Crippen LogP contribution in [0.5, 0.6) is 5.75 Å². The number of nitrogens with one attached hydrogen (secondary N) is 4. The third-order valence-electron chi connectivity index (χ3n) is 6.38. The molecular formula is C27H27F5N4O6. The van der Waals surface area contributed by atoms with Crippen LogP contribution >= 0.6 is 0 Å². The zero-order valence-corrected chi connectivity index (χ0v) is 22.4. The van der Waals surface area contributed by atoms with E-state index in [-0.39, 0.29) is 31.1 Å². The summed E-state index contributed by atoms with van der Waals surface area (Å²) in [5.41, 5.74) is -0.283. The minimum absolute atomic E-state index is 0.0436. The van der Waals surface area contributed by atoms with Crippen molar-refractivity contribution in [2.24, 2.45) is 11.8 Å². The average molecular weight is 599 g/mol. The Kier molecular flexibility index (Phi) is 10.6. The zero-order valence-electron chi connectivity index (χ0n) is 22.4. The number of anilines is 1. The van der Waals surface area contributed by atoms with Gasteiger partial charge in [-0.2, -0.15) is 8.78 Å². The van der Waals surface area contributed by atoms with Crippen LogP contribution in [-0.4, -0.2) is 54.6 Å². The van der Waals surface area contributed by atoms with E-state index in [4.69, 9.17) is 4.74 Å². The lowest BCUT2D eigenvalue weighted by Crippen LogP contribution is -2.56. The molecule has 4 amide bonds. The van der Waals surface area contributed by atoms with Gasteiger partial charge in [-0.15, -0.1) is 0 Å². The molecule has 3 atom stereocenters. The van der Waals surface area contributed by atoms with Gasteiger partial charge in [0.1, 0.15) is 18.5 Å². The first-order valence-corrected chi connectivity index (χ1v) is 12.7. The van der Waals surface area contributed by atoms with Crippen LogP contribution in [-0.2, 0) is 24.0 Å². The van der Waals surface area contributed by atoms with Crippen molar-refractivity contribution in [2.75, 3.05) is 18.5 Å². The second-order valence-corrected chi connectivity index (χ2v) is 9.75. The van der Waals surface area contributed by atoms with Crippen LogP contribution in [0.2, 0.25) is 0 Å². The van der Waals surface area contributed by atoms with E-state index in [2.05, 4.69) is 21.3 Å². The van der Waals surface area contributed by atoms with Crippen molar-refractivity contribution in [3.05, 3.63) is 59.4 Å². The molecule has 0 bridgehead atoms. The molecule has 3 rings (SSSR count). The third kappa shape index (κ3) is 7.79. The van der Waals surface area contributed by atoms with Crippen molar-refractivity contribution >= 4 is 35.1 Å². The summed E-state index contributed by atoms with van der Waals surface area (Å²) in [6.45, 7) is 2.15. The standard InChI is InChI=1S/C27H27F5N4O6/c1-12(2)22(36-27(41)26(40)34-17-6-4-3-5-14(17)28)25(39)35-18(9-13-7-8-33-24(13)38)19(37)11-42-23-20(31)15(29)10-16(30)21(23)32/h3-6,10,12-13,18,22H,7-9,11H2,1-2H3,(H,33,38)(H,34,40)(H,35,39)(H,36,41)/t13-,18-,22-/m0/s1. The van der Waals surface area contributed by atoms with Gasteiger partial charge in [0, 0.05) is 18.5 Å². The minimum atomic E-state index is -1.88. The van der Waals surface area contributed by atoms with Crippen LogP contribution < -0.4 is 26.0 Å². The summed E-state index contributed by atoms with van der Waals surface area (Å²) in [5, 5.41) is 9.16. The van der Waals surface area contributed by atoms with Gasteiger partial charge in [-0.05, 0) is 30.9 Å². The van der Waals surface area contributed by atoms with E-state index in [0.717, 1.165) is 6.07 Å². The topological polar surface area (TPSA) is 143 Å². The number of ether oxygens (including phenoxy) is 1. The summed E-state index contributed by atoms with van der Waals surface area (Å²) in [7, 11) is 0. The van der Waals surface area contributed by atoms with E-state index in [1.165, 1.54) is 32.0 Å². The zero-order chi connectivity index (χ0) is 31.1. The van der Waals surface area contributed by atoms with Gasteiger partial charge in [0.15, 0.2) is 23.2 Å². The van der Waals surface area contributed by atoms with Crippen molar-refractivity contribution in [1.29, 1.82) is 0 Å². The highest BCUT2D eigenvalue weighted by Gasteiger charge is 2.35. The number of rotatable bonds is 11. The molecule has 0 unspecified atom stereocenters. The van der Waals surface area contributed by atoms with Crippen molar-refractivity contribution in [3.8, 4) is 5.75 Å². The second kappa shape index (κ2) is 13.9. The van der Waals surface area contributed by atoms with Crippen molar-refractivity contribution in [2.45, 2.75) is 38.8 Å². The molecule has 1 aliphatic heterocycles. The Bertz CT molecular complexity index is 1360. The number of para-hydroxylation sites is 1. The number of hydrogen-bond acceptors (Lipinski definition) is 6. The molecule has 15 heteroatoms. The van der Waals surface area contributed by atoms with Gasteiger partial charge in [-0.25, -0.2) is 13.2 Å². The maximum absolute atomic E-state index is 14.0. The largest absolute Gasteiger partial charge is 0.479 e. The number of halogens is 5. The number of benzene rings is 2. The molecule has 2 aromatic carbocycles. The van der Waals surface area contributed by atoms with Crippen molar-refractivity contribution in [1.82, 2.24) is 16.0 Å². The molecule has 0 radical (unpaired) electrons. The van der Waals surface area contributed by atoms with E-state index in [1.54, 1.807) is 0 Å². The Labute approximate surface area is 236 Å². The molecule has 0 aromatic heterocycles. The molecule has 42 heavy (non-hydrogen) atoms. The maximum Gasteiger partial charge on any atom is 0.313 e. The van der Waals surface area contributed by atoms with Crippen molar-refractivity contribution in [3.63, 3.8) is 0 Å². The van der Waals surface area contributed by atoms with Gasteiger partial charge >= 0.3 is 11.8 Å². The van der Waals surface area contributed by atoms with Crippen LogP contribution in [0.4, 0.5) is 27.6 Å². The molecule has 0 saturated carbocycles. The number of Topliss-reactive ketones (excluding diaryl/α,β-unsaturated/α-hetero) is 1. The van der Waals surface area contributed by atoms with Crippen LogP contribution in [0, 0.1) is 40.9 Å². The van der Waals surface area contributed by atoms with Crippen molar-refractivity contribution < 1.29 is 50.7 Å². The Balaban J connectivity index is 1.74. The first-order chi connectivity index (χ1) is 19.8. The number of hydrogen-bond donors (Lipinski definition) is 4. The first kappa shape index (κ1) is 32.0. The van der Waals surface area contributed by atoms with E-state index >= 15 is 0 Å². The summed E-state index contributed by atoms with van der Waals surface area (Å²) < 4.78 is 73.6. The van der Waals surface area contributed by atoms with E-state index in [0.29, 0.717) is 0 Å². The van der Waals surface area contributed by atoms with Crippen LogP contribution in [0.3, 0.4) is 0 Å². The minimum Gasteiger partial charge on any atom is -0.479 e. The maximum atomic E-state index is 14.0. The molecule has 1 saturated heterocycles. The number of amides is 4. The van der Waals surface area contributed by atoms with E-state index in [1.807, 2.05) is 0 Å². The van der Waals surface area contributed by atoms with Gasteiger partial charge in [0.2, 0.25) is 23.4 Å². The molecule has 1 aliphatic rings. The summed E-state index contributed by atoms with van der Waals surface area (Å²) in [4.78, 5) is 63.1. The Morgan fingerprint density at radius 2 is 1.60 bits per heavy atom. The Hall–Kier alpha value is -4.56. The Morgan fingerprint density at radius 3 is 2.17 bits per heavy atom. The second-order valence-electron chi connectivity index (χ2n) is 9.75. The third-order valence-corrected chi connectivity index (χ3v) is 6.38. The van der Waals surface area contributed by atoms with Gasteiger partial charge in [0.05, 0.1) is 11.7 Å². The fraction of sp³-hybridized carbons (Fsp3) is 0.370. The van der Waals surface area contributed by atoms with Crippen LogP contribution in [0.25, 0.3) is 0 Å². The molecule has 1 fully saturated rings. The van der Waals surface area contributed by atoms with Gasteiger partial charge in [-0.3, -0.25) is 24.0 Å². The molecule has 4 N–H and O–H groups in total. The SMILES string of the molecule is CC(C)[C@H](NC(=O)C(=O)Nc1ccccc1F)C(=O)N[C@@H](C[C@@H]1CCNC1=O)C(=O)COc1c(F)c(F)cc(F)c1F. The lowest BCUT2D eigenvalue weighted by molar-refractivity contribution is -0.139. The molecule has 226 valence electrons. The molecule has 10 nitrogen and oxygen atoms in total. The highest BCUT2D eigenvalue weighted by atomic mass is 19.2. The normalized spacial score (nSPS) is 15.9. The lowest BCUT2D eigenvalue weighted by Gasteiger charge is -2.26. The Morgan fingerprint density at radius 1 is 0.952 bits per heavy atom. The average Bonchev–Trinajstić information content (AvgIpc) is 3.34. The van der Waals surface area contributed by atoms with Gasteiger partial charge in [-0.1, -0.05) is 26.0 Å². The first-order valence-electron chi connectivity index (χ1n) is 12.7. The van der Waals surface area contributed by atoms with E-state index < -0.39 is 94.8 Å². The highest BCUT2D eigenvalue weighted by Crippen LogP contribution is 2.27. The summed E-state index contributed by atoms with van der Waals surface area (Å²) >= 11 is 0. The highest BCUT2D eigenvalue weighted by molar-refractivity contribution is 6.40. The number of carbonyl (C=O) groups excluding carboxylic acids is 5. The quantitative estimate of drug-likeness (QED) is 0.177. The van der Waals surface area contributed by atoms with E-state index in [9.17, 15) is 45.9 Å². The molecule has 1 heterocycles. The predicted molar refractivity (Wildman–Crippen MR) is 136 cm³/mol. The van der Waals surface area contributed by atoms with Crippen LogP contribution in [0.15, 0.2) is 30.3 Å². The molecular weight excluding hydrogens is 571 g/mol. The summed E-state index contributed by atoms with van der Waals surface area (Å²) in [6.07, 6.45) is 0.00699.